The Balaban J connectivity index is 2.32. The summed E-state index contributed by atoms with van der Waals surface area (Å²) >= 11 is 0. The first-order valence-electron chi connectivity index (χ1n) is 5.59. The van der Waals surface area contributed by atoms with Gasteiger partial charge in [0.05, 0.1) is 13.0 Å². The lowest BCUT2D eigenvalue weighted by Gasteiger charge is -2.15. The summed E-state index contributed by atoms with van der Waals surface area (Å²) in [4.78, 5) is 24.3. The third kappa shape index (κ3) is 3.48. The van der Waals surface area contributed by atoms with Crippen LogP contribution < -0.4 is 5.32 Å². The highest BCUT2D eigenvalue weighted by Crippen LogP contribution is 2.23. The van der Waals surface area contributed by atoms with Crippen LogP contribution in [-0.2, 0) is 14.3 Å². The van der Waals surface area contributed by atoms with Crippen molar-refractivity contribution in [1.29, 1.82) is 0 Å². The highest BCUT2D eigenvalue weighted by molar-refractivity contribution is 5.73. The molecule has 0 saturated carbocycles. The molecule has 1 heterocycles. The standard InChI is InChI=1S/C11H20N2O3/c1-8-6-13(5-4-12-9(2)14)7-10(8)11(15)16-3/h8,10H,4-7H2,1-3H3,(H,12,14). The van der Waals surface area contributed by atoms with Crippen molar-refractivity contribution in [3.8, 4) is 0 Å². The van der Waals surface area contributed by atoms with Crippen molar-refractivity contribution < 1.29 is 14.3 Å². The van der Waals surface area contributed by atoms with Crippen LogP contribution in [0.15, 0.2) is 0 Å². The first kappa shape index (κ1) is 13.0. The molecule has 2 atom stereocenters. The molecule has 1 saturated heterocycles. The maximum atomic E-state index is 11.4. The van der Waals surface area contributed by atoms with E-state index in [0.29, 0.717) is 12.5 Å². The Labute approximate surface area is 96.1 Å². The van der Waals surface area contributed by atoms with Crippen molar-refractivity contribution in [2.24, 2.45) is 11.8 Å². The second-order valence-electron chi connectivity index (χ2n) is 4.35. The summed E-state index contributed by atoms with van der Waals surface area (Å²) in [5, 5.41) is 2.75. The molecule has 1 amide bonds. The van der Waals surface area contributed by atoms with E-state index in [1.807, 2.05) is 0 Å². The van der Waals surface area contributed by atoms with Crippen molar-refractivity contribution in [2.75, 3.05) is 33.3 Å². The number of hydrogen-bond donors (Lipinski definition) is 1. The van der Waals surface area contributed by atoms with Crippen molar-refractivity contribution in [2.45, 2.75) is 13.8 Å². The molecule has 1 N–H and O–H groups in total. The number of rotatable bonds is 4. The molecular weight excluding hydrogens is 208 g/mol. The van der Waals surface area contributed by atoms with Gasteiger partial charge in [-0.2, -0.15) is 0 Å². The average Bonchev–Trinajstić information content (AvgIpc) is 2.58. The quantitative estimate of drug-likeness (QED) is 0.681. The largest absolute Gasteiger partial charge is 0.469 e. The summed E-state index contributed by atoms with van der Waals surface area (Å²) in [5.74, 6) is 0.151. The number of carbonyl (C=O) groups excluding carboxylic acids is 2. The molecule has 5 heteroatoms. The van der Waals surface area contributed by atoms with Gasteiger partial charge in [0.25, 0.3) is 0 Å². The van der Waals surface area contributed by atoms with Crippen molar-refractivity contribution in [3.63, 3.8) is 0 Å². The van der Waals surface area contributed by atoms with Gasteiger partial charge in [-0.25, -0.2) is 0 Å². The minimum Gasteiger partial charge on any atom is -0.469 e. The van der Waals surface area contributed by atoms with Gasteiger partial charge in [-0.1, -0.05) is 6.92 Å². The van der Waals surface area contributed by atoms with Gasteiger partial charge in [0.1, 0.15) is 0 Å². The molecule has 1 aliphatic heterocycles. The maximum Gasteiger partial charge on any atom is 0.310 e. The average molecular weight is 228 g/mol. The minimum absolute atomic E-state index is 0.0169. The predicted octanol–water partition coefficient (Wildman–Crippen LogP) is -0.137. The zero-order chi connectivity index (χ0) is 12.1. The lowest BCUT2D eigenvalue weighted by Crippen LogP contribution is -2.33. The smallest absolute Gasteiger partial charge is 0.310 e. The molecule has 2 unspecified atom stereocenters. The van der Waals surface area contributed by atoms with E-state index in [9.17, 15) is 9.59 Å². The van der Waals surface area contributed by atoms with Gasteiger partial charge in [0.15, 0.2) is 0 Å². The van der Waals surface area contributed by atoms with Crippen LogP contribution in [0.1, 0.15) is 13.8 Å². The Morgan fingerprint density at radius 2 is 2.12 bits per heavy atom. The number of likely N-dealkylation sites (tertiary alicyclic amines) is 1. The number of esters is 1. The summed E-state index contributed by atoms with van der Waals surface area (Å²) in [6, 6.07) is 0. The van der Waals surface area contributed by atoms with Crippen LogP contribution in [-0.4, -0.2) is 50.1 Å². The number of carbonyl (C=O) groups is 2. The summed E-state index contributed by atoms with van der Waals surface area (Å²) in [5.41, 5.74) is 0. The van der Waals surface area contributed by atoms with E-state index in [4.69, 9.17) is 4.74 Å². The van der Waals surface area contributed by atoms with Gasteiger partial charge in [0, 0.05) is 33.1 Å². The fraction of sp³-hybridized carbons (Fsp3) is 0.818. The number of nitrogens with zero attached hydrogens (tertiary/aromatic N) is 1. The number of amides is 1. The Hall–Kier alpha value is -1.10. The predicted molar refractivity (Wildman–Crippen MR) is 59.8 cm³/mol. The maximum absolute atomic E-state index is 11.4. The fourth-order valence-corrected chi connectivity index (χ4v) is 2.10. The number of ether oxygens (including phenoxy) is 1. The Kier molecular flexibility index (Phi) is 4.73. The normalized spacial score (nSPS) is 25.4. The molecule has 16 heavy (non-hydrogen) atoms. The van der Waals surface area contributed by atoms with Gasteiger partial charge in [-0.3, -0.25) is 9.59 Å². The van der Waals surface area contributed by atoms with Gasteiger partial charge in [-0.15, -0.1) is 0 Å². The van der Waals surface area contributed by atoms with Crippen LogP contribution in [0.2, 0.25) is 0 Å². The highest BCUT2D eigenvalue weighted by Gasteiger charge is 2.34. The van der Waals surface area contributed by atoms with Crippen LogP contribution >= 0.6 is 0 Å². The Morgan fingerprint density at radius 3 is 2.69 bits per heavy atom. The van der Waals surface area contributed by atoms with Crippen LogP contribution in [0, 0.1) is 11.8 Å². The van der Waals surface area contributed by atoms with E-state index in [1.54, 1.807) is 0 Å². The first-order valence-corrected chi connectivity index (χ1v) is 5.59. The molecule has 0 bridgehead atoms. The molecule has 0 aliphatic carbocycles. The molecule has 1 rings (SSSR count). The van der Waals surface area contributed by atoms with Crippen LogP contribution in [0.4, 0.5) is 0 Å². The summed E-state index contributed by atoms with van der Waals surface area (Å²) in [6.45, 7) is 6.60. The van der Waals surface area contributed by atoms with E-state index in [2.05, 4.69) is 17.1 Å². The fourth-order valence-electron chi connectivity index (χ4n) is 2.10. The summed E-state index contributed by atoms with van der Waals surface area (Å²) in [7, 11) is 1.43. The Bertz CT molecular complexity index is 268. The molecule has 0 aromatic rings. The highest BCUT2D eigenvalue weighted by atomic mass is 16.5. The van der Waals surface area contributed by atoms with Crippen molar-refractivity contribution >= 4 is 11.9 Å². The van der Waals surface area contributed by atoms with Gasteiger partial charge >= 0.3 is 5.97 Å². The molecule has 1 fully saturated rings. The molecule has 0 aromatic heterocycles. The van der Waals surface area contributed by atoms with E-state index in [0.717, 1.165) is 19.6 Å². The van der Waals surface area contributed by atoms with Gasteiger partial charge < -0.3 is 15.0 Å². The Morgan fingerprint density at radius 1 is 1.44 bits per heavy atom. The van der Waals surface area contributed by atoms with Crippen LogP contribution in [0.25, 0.3) is 0 Å². The van der Waals surface area contributed by atoms with Gasteiger partial charge in [-0.05, 0) is 5.92 Å². The number of nitrogens with one attached hydrogen (secondary N) is 1. The third-order valence-corrected chi connectivity index (χ3v) is 2.99. The molecule has 92 valence electrons. The van der Waals surface area contributed by atoms with Crippen LogP contribution in [0.3, 0.4) is 0 Å². The van der Waals surface area contributed by atoms with E-state index in [1.165, 1.54) is 14.0 Å². The minimum atomic E-state index is -0.130. The molecule has 0 radical (unpaired) electrons. The van der Waals surface area contributed by atoms with E-state index >= 15 is 0 Å². The first-order chi connectivity index (χ1) is 7.54. The zero-order valence-electron chi connectivity index (χ0n) is 10.2. The zero-order valence-corrected chi connectivity index (χ0v) is 10.2. The third-order valence-electron chi connectivity index (χ3n) is 2.99. The topological polar surface area (TPSA) is 58.6 Å². The molecule has 5 nitrogen and oxygen atoms in total. The van der Waals surface area contributed by atoms with E-state index < -0.39 is 0 Å². The summed E-state index contributed by atoms with van der Waals surface area (Å²) < 4.78 is 4.76. The van der Waals surface area contributed by atoms with Crippen molar-refractivity contribution in [3.05, 3.63) is 0 Å². The van der Waals surface area contributed by atoms with Crippen molar-refractivity contribution in [1.82, 2.24) is 10.2 Å². The molecule has 0 aromatic carbocycles. The number of hydrogen-bond acceptors (Lipinski definition) is 4. The monoisotopic (exact) mass is 228 g/mol. The van der Waals surface area contributed by atoms with E-state index in [-0.39, 0.29) is 17.8 Å². The SMILES string of the molecule is COC(=O)C1CN(CCNC(C)=O)CC1C. The molecular formula is C11H20N2O3. The summed E-state index contributed by atoms with van der Waals surface area (Å²) in [6.07, 6.45) is 0. The second kappa shape index (κ2) is 5.84. The second-order valence-corrected chi connectivity index (χ2v) is 4.35. The number of methoxy groups -OCH3 is 1. The lowest BCUT2D eigenvalue weighted by molar-refractivity contribution is -0.146. The molecule has 0 spiro atoms. The lowest BCUT2D eigenvalue weighted by atomic mass is 9.99. The van der Waals surface area contributed by atoms with Crippen LogP contribution in [0.5, 0.6) is 0 Å². The molecule has 1 aliphatic rings. The van der Waals surface area contributed by atoms with Gasteiger partial charge in [0.2, 0.25) is 5.91 Å².